The van der Waals surface area contributed by atoms with Gasteiger partial charge < -0.3 is 15.8 Å². The number of nitrogens with two attached hydrogens (primary N) is 1. The third-order valence-electron chi connectivity index (χ3n) is 2.48. The number of amides is 1. The molecule has 0 aliphatic heterocycles. The van der Waals surface area contributed by atoms with E-state index >= 15 is 0 Å². The number of thiocarbonyl (C=S) groups is 1. The molecule has 1 rings (SSSR count). The summed E-state index contributed by atoms with van der Waals surface area (Å²) in [5, 5.41) is 2.64. The second kappa shape index (κ2) is 7.48. The summed E-state index contributed by atoms with van der Waals surface area (Å²) in [6, 6.07) is 7.15. The minimum atomic E-state index is -0.346. The monoisotopic (exact) mass is 280 g/mol. The Labute approximate surface area is 117 Å². The Morgan fingerprint density at radius 2 is 1.95 bits per heavy atom. The first-order chi connectivity index (χ1) is 9.02. The van der Waals surface area contributed by atoms with Crippen molar-refractivity contribution in [3.05, 3.63) is 35.4 Å². The number of rotatable bonds is 6. The van der Waals surface area contributed by atoms with Crippen LogP contribution in [0.5, 0.6) is 0 Å². The predicted molar refractivity (Wildman–Crippen MR) is 75.7 cm³/mol. The molecule has 1 amide bonds. The normalized spacial score (nSPS) is 9.74. The maximum atomic E-state index is 11.6. The molecule has 0 unspecified atom stereocenters. The van der Waals surface area contributed by atoms with Crippen molar-refractivity contribution in [2.24, 2.45) is 5.73 Å². The molecule has 0 aromatic heterocycles. The van der Waals surface area contributed by atoms with E-state index in [0.717, 1.165) is 11.1 Å². The van der Waals surface area contributed by atoms with Gasteiger partial charge in [-0.2, -0.15) is 0 Å². The second-order valence-electron chi connectivity index (χ2n) is 3.91. The van der Waals surface area contributed by atoms with E-state index in [9.17, 15) is 9.59 Å². The predicted octanol–water partition coefficient (Wildman–Crippen LogP) is 0.543. The van der Waals surface area contributed by atoms with Gasteiger partial charge in [0.2, 0.25) is 5.91 Å². The zero-order chi connectivity index (χ0) is 14.3. The summed E-state index contributed by atoms with van der Waals surface area (Å²) in [6.45, 7) is 0.274. The van der Waals surface area contributed by atoms with Crippen molar-refractivity contribution in [3.8, 4) is 0 Å². The summed E-state index contributed by atoms with van der Waals surface area (Å²) in [4.78, 5) is 22.8. The van der Waals surface area contributed by atoms with Gasteiger partial charge in [-0.1, -0.05) is 36.5 Å². The molecule has 0 radical (unpaired) electrons. The molecular weight excluding hydrogens is 264 g/mol. The summed E-state index contributed by atoms with van der Waals surface area (Å²) < 4.78 is 4.47. The smallest absolute Gasteiger partial charge is 0.307 e. The van der Waals surface area contributed by atoms with E-state index in [4.69, 9.17) is 18.0 Å². The molecule has 0 bridgehead atoms. The Balaban J connectivity index is 2.40. The van der Waals surface area contributed by atoms with Crippen molar-refractivity contribution in [2.45, 2.75) is 12.8 Å². The van der Waals surface area contributed by atoms with E-state index in [1.54, 1.807) is 24.3 Å². The van der Waals surface area contributed by atoms with E-state index in [1.165, 1.54) is 7.11 Å². The van der Waals surface area contributed by atoms with Crippen molar-refractivity contribution < 1.29 is 14.3 Å². The molecule has 102 valence electrons. The van der Waals surface area contributed by atoms with Crippen molar-refractivity contribution in [2.75, 3.05) is 13.7 Å². The molecule has 0 spiro atoms. The average molecular weight is 280 g/mol. The molecule has 0 fully saturated rings. The first kappa shape index (κ1) is 15.1. The van der Waals surface area contributed by atoms with Gasteiger partial charge in [-0.25, -0.2) is 0 Å². The van der Waals surface area contributed by atoms with Gasteiger partial charge in [-0.05, 0) is 5.56 Å². The standard InChI is InChI=1S/C13H16N2O3S/c1-18-12(17)6-7-15-11(16)8-9-2-4-10(5-3-9)13(14)19/h2-5H,6-8H2,1H3,(H2,14,19)(H,15,16). The number of methoxy groups -OCH3 is 1. The lowest BCUT2D eigenvalue weighted by Crippen LogP contribution is -2.27. The van der Waals surface area contributed by atoms with Crippen LogP contribution in [-0.2, 0) is 20.7 Å². The molecule has 3 N–H and O–H groups in total. The molecule has 19 heavy (non-hydrogen) atoms. The molecule has 0 saturated heterocycles. The first-order valence-electron chi connectivity index (χ1n) is 5.75. The fourth-order valence-electron chi connectivity index (χ4n) is 1.44. The van der Waals surface area contributed by atoms with Gasteiger partial charge in [0, 0.05) is 12.1 Å². The fourth-order valence-corrected chi connectivity index (χ4v) is 1.58. The summed E-state index contributed by atoms with van der Waals surface area (Å²) in [6.07, 6.45) is 0.418. The Kier molecular flexibility index (Phi) is 5.95. The number of nitrogens with one attached hydrogen (secondary N) is 1. The van der Waals surface area contributed by atoms with Gasteiger partial charge in [0.15, 0.2) is 0 Å². The topological polar surface area (TPSA) is 81.4 Å². The lowest BCUT2D eigenvalue weighted by Gasteiger charge is -2.05. The zero-order valence-corrected chi connectivity index (χ0v) is 11.5. The number of carbonyl (C=O) groups excluding carboxylic acids is 2. The third-order valence-corrected chi connectivity index (χ3v) is 2.72. The highest BCUT2D eigenvalue weighted by molar-refractivity contribution is 7.80. The lowest BCUT2D eigenvalue weighted by atomic mass is 10.1. The number of benzene rings is 1. The van der Waals surface area contributed by atoms with Crippen molar-refractivity contribution in [1.29, 1.82) is 0 Å². The molecule has 0 aliphatic carbocycles. The number of ether oxygens (including phenoxy) is 1. The minimum absolute atomic E-state index is 0.146. The van der Waals surface area contributed by atoms with Gasteiger partial charge in [0.05, 0.1) is 20.0 Å². The highest BCUT2D eigenvalue weighted by atomic mass is 32.1. The van der Waals surface area contributed by atoms with Crippen LogP contribution in [0.15, 0.2) is 24.3 Å². The molecule has 5 nitrogen and oxygen atoms in total. The van der Waals surface area contributed by atoms with Crippen LogP contribution in [0, 0.1) is 0 Å². The van der Waals surface area contributed by atoms with E-state index in [1.807, 2.05) is 0 Å². The van der Waals surface area contributed by atoms with Crippen LogP contribution in [0.25, 0.3) is 0 Å². The Hall–Kier alpha value is -1.95. The Morgan fingerprint density at radius 1 is 1.32 bits per heavy atom. The van der Waals surface area contributed by atoms with Crippen LogP contribution in [0.3, 0.4) is 0 Å². The van der Waals surface area contributed by atoms with E-state index in [2.05, 4.69) is 10.1 Å². The van der Waals surface area contributed by atoms with Gasteiger partial charge in [-0.3, -0.25) is 9.59 Å². The summed E-state index contributed by atoms with van der Waals surface area (Å²) in [5.41, 5.74) is 7.11. The molecule has 1 aromatic carbocycles. The second-order valence-corrected chi connectivity index (χ2v) is 4.35. The third kappa shape index (κ3) is 5.48. The van der Waals surface area contributed by atoms with Crippen LogP contribution >= 0.6 is 12.2 Å². The van der Waals surface area contributed by atoms with Crippen molar-refractivity contribution in [3.63, 3.8) is 0 Å². The largest absolute Gasteiger partial charge is 0.469 e. The quantitative estimate of drug-likeness (QED) is 0.587. The highest BCUT2D eigenvalue weighted by Crippen LogP contribution is 2.05. The minimum Gasteiger partial charge on any atom is -0.469 e. The molecular formula is C13H16N2O3S. The van der Waals surface area contributed by atoms with Gasteiger partial charge >= 0.3 is 5.97 Å². The van der Waals surface area contributed by atoms with Gasteiger partial charge in [0.1, 0.15) is 4.99 Å². The summed E-state index contributed by atoms with van der Waals surface area (Å²) in [5.74, 6) is -0.493. The maximum absolute atomic E-state index is 11.6. The fraction of sp³-hybridized carbons (Fsp3) is 0.308. The maximum Gasteiger partial charge on any atom is 0.307 e. The Bertz CT molecular complexity index is 471. The van der Waals surface area contributed by atoms with Crippen LogP contribution in [0.1, 0.15) is 17.5 Å². The van der Waals surface area contributed by atoms with Gasteiger partial charge in [-0.15, -0.1) is 0 Å². The molecule has 0 heterocycles. The highest BCUT2D eigenvalue weighted by Gasteiger charge is 2.05. The lowest BCUT2D eigenvalue weighted by molar-refractivity contribution is -0.140. The number of hydrogen-bond acceptors (Lipinski definition) is 4. The molecule has 0 atom stereocenters. The van der Waals surface area contributed by atoms with Crippen LogP contribution in [0.4, 0.5) is 0 Å². The summed E-state index contributed by atoms with van der Waals surface area (Å²) in [7, 11) is 1.31. The summed E-state index contributed by atoms with van der Waals surface area (Å²) >= 11 is 4.84. The Morgan fingerprint density at radius 3 is 2.47 bits per heavy atom. The zero-order valence-electron chi connectivity index (χ0n) is 10.6. The van der Waals surface area contributed by atoms with Gasteiger partial charge in [0.25, 0.3) is 0 Å². The first-order valence-corrected chi connectivity index (χ1v) is 6.16. The molecule has 0 saturated carbocycles. The van der Waals surface area contributed by atoms with Crippen LogP contribution in [-0.4, -0.2) is 30.5 Å². The number of hydrogen-bond donors (Lipinski definition) is 2. The molecule has 0 aliphatic rings. The number of carbonyl (C=O) groups is 2. The van der Waals surface area contributed by atoms with Crippen LogP contribution in [0.2, 0.25) is 0 Å². The van der Waals surface area contributed by atoms with E-state index < -0.39 is 0 Å². The van der Waals surface area contributed by atoms with E-state index in [-0.39, 0.29) is 31.3 Å². The molecule has 6 heteroatoms. The molecule has 1 aromatic rings. The number of esters is 1. The van der Waals surface area contributed by atoms with Crippen LogP contribution < -0.4 is 11.1 Å². The van der Waals surface area contributed by atoms with Crippen molar-refractivity contribution >= 4 is 29.1 Å². The SMILES string of the molecule is COC(=O)CCNC(=O)Cc1ccc(C(N)=S)cc1. The van der Waals surface area contributed by atoms with E-state index in [0.29, 0.717) is 4.99 Å². The average Bonchev–Trinajstić information content (AvgIpc) is 2.39. The van der Waals surface area contributed by atoms with Crippen molar-refractivity contribution in [1.82, 2.24) is 5.32 Å².